The molecular formula is C21H31IN4O3S. The number of aryl methyl sites for hydroxylation is 2. The predicted octanol–water partition coefficient (Wildman–Crippen LogP) is 2.71. The third-order valence-electron chi connectivity index (χ3n) is 4.42. The Labute approximate surface area is 195 Å². The van der Waals surface area contributed by atoms with Crippen LogP contribution in [-0.4, -0.2) is 38.3 Å². The van der Waals surface area contributed by atoms with Gasteiger partial charge in [0, 0.05) is 38.2 Å². The Morgan fingerprint density at radius 2 is 1.90 bits per heavy atom. The molecule has 0 aliphatic carbocycles. The quantitative estimate of drug-likeness (QED) is 0.219. The minimum atomic E-state index is -3.21. The van der Waals surface area contributed by atoms with Crippen molar-refractivity contribution in [1.29, 1.82) is 0 Å². The first-order chi connectivity index (χ1) is 13.8. The van der Waals surface area contributed by atoms with Gasteiger partial charge in [-0.3, -0.25) is 4.79 Å². The average molecular weight is 546 g/mol. The summed E-state index contributed by atoms with van der Waals surface area (Å²) in [6, 6.07) is 10.5. The van der Waals surface area contributed by atoms with Gasteiger partial charge in [-0.05, 0) is 49.9 Å². The highest BCUT2D eigenvalue weighted by atomic mass is 127. The van der Waals surface area contributed by atoms with Crippen molar-refractivity contribution in [3.05, 3.63) is 64.1 Å². The van der Waals surface area contributed by atoms with Crippen LogP contribution in [0.1, 0.15) is 30.9 Å². The van der Waals surface area contributed by atoms with Crippen LogP contribution >= 0.6 is 24.0 Å². The Hall–Kier alpha value is -1.88. The molecule has 0 spiro atoms. The first-order valence-corrected chi connectivity index (χ1v) is 11.7. The van der Waals surface area contributed by atoms with E-state index in [1.54, 1.807) is 42.0 Å². The van der Waals surface area contributed by atoms with Gasteiger partial charge in [0.25, 0.3) is 0 Å². The van der Waals surface area contributed by atoms with Crippen molar-refractivity contribution in [1.82, 2.24) is 15.2 Å². The first kappa shape index (κ1) is 26.2. The minimum absolute atomic E-state index is 0. The molecule has 2 rings (SSSR count). The summed E-state index contributed by atoms with van der Waals surface area (Å²) < 4.78 is 25.2. The molecule has 0 aliphatic rings. The molecule has 2 N–H and O–H groups in total. The van der Waals surface area contributed by atoms with Gasteiger partial charge >= 0.3 is 0 Å². The molecule has 0 saturated heterocycles. The summed E-state index contributed by atoms with van der Waals surface area (Å²) in [5, 5.41) is 6.51. The van der Waals surface area contributed by atoms with E-state index in [-0.39, 0.29) is 29.5 Å². The van der Waals surface area contributed by atoms with Gasteiger partial charge in [-0.1, -0.05) is 18.2 Å². The molecule has 0 saturated carbocycles. The summed E-state index contributed by atoms with van der Waals surface area (Å²) in [4.78, 5) is 16.6. The molecule has 30 heavy (non-hydrogen) atoms. The Bertz CT molecular complexity index is 1000. The third kappa shape index (κ3) is 8.47. The number of sulfone groups is 1. The topological polar surface area (TPSA) is 92.6 Å². The number of aromatic nitrogens is 1. The van der Waals surface area contributed by atoms with Crippen molar-refractivity contribution in [2.24, 2.45) is 4.99 Å². The normalized spacial score (nSPS) is 11.6. The summed E-state index contributed by atoms with van der Waals surface area (Å²) in [5.74, 6) is 0.717. The van der Waals surface area contributed by atoms with Crippen LogP contribution in [0, 0.1) is 6.92 Å². The van der Waals surface area contributed by atoms with E-state index in [4.69, 9.17) is 0 Å². The summed E-state index contributed by atoms with van der Waals surface area (Å²) in [6.45, 7) is 6.45. The first-order valence-electron chi connectivity index (χ1n) is 9.78. The van der Waals surface area contributed by atoms with Crippen LogP contribution in [0.3, 0.4) is 0 Å². The predicted molar refractivity (Wildman–Crippen MR) is 132 cm³/mol. The van der Waals surface area contributed by atoms with E-state index in [1.165, 1.54) is 6.26 Å². The molecule has 9 heteroatoms. The third-order valence-corrected chi connectivity index (χ3v) is 5.68. The van der Waals surface area contributed by atoms with E-state index in [0.717, 1.165) is 37.1 Å². The van der Waals surface area contributed by atoms with Crippen LogP contribution < -0.4 is 16.2 Å². The molecule has 0 radical (unpaired) electrons. The number of pyridine rings is 1. The number of aliphatic imine (C=N–C) groups is 1. The van der Waals surface area contributed by atoms with E-state index in [0.29, 0.717) is 23.9 Å². The molecule has 2 aromatic rings. The molecule has 1 aromatic carbocycles. The Morgan fingerprint density at radius 3 is 2.53 bits per heavy atom. The molecule has 0 atom stereocenters. The van der Waals surface area contributed by atoms with Crippen LogP contribution in [-0.2, 0) is 22.9 Å². The number of hydrogen-bond acceptors (Lipinski definition) is 4. The minimum Gasteiger partial charge on any atom is -0.357 e. The van der Waals surface area contributed by atoms with Gasteiger partial charge in [0.15, 0.2) is 15.8 Å². The lowest BCUT2D eigenvalue weighted by Gasteiger charge is -2.12. The number of halogens is 1. The highest BCUT2D eigenvalue weighted by molar-refractivity contribution is 14.0. The van der Waals surface area contributed by atoms with E-state index in [9.17, 15) is 13.2 Å². The zero-order valence-electron chi connectivity index (χ0n) is 17.7. The van der Waals surface area contributed by atoms with Crippen LogP contribution in [0.4, 0.5) is 0 Å². The van der Waals surface area contributed by atoms with Crippen LogP contribution in [0.5, 0.6) is 0 Å². The van der Waals surface area contributed by atoms with Gasteiger partial charge in [-0.25, -0.2) is 13.4 Å². The second-order valence-corrected chi connectivity index (χ2v) is 8.92. The van der Waals surface area contributed by atoms with Crippen molar-refractivity contribution < 1.29 is 8.42 Å². The smallest absolute Gasteiger partial charge is 0.250 e. The van der Waals surface area contributed by atoms with Crippen LogP contribution in [0.25, 0.3) is 0 Å². The van der Waals surface area contributed by atoms with Crippen molar-refractivity contribution in [2.45, 2.75) is 44.7 Å². The van der Waals surface area contributed by atoms with Crippen LogP contribution in [0.2, 0.25) is 0 Å². The van der Waals surface area contributed by atoms with Crippen molar-refractivity contribution >= 4 is 39.8 Å². The molecule has 0 bridgehead atoms. The van der Waals surface area contributed by atoms with Gasteiger partial charge in [0.1, 0.15) is 0 Å². The molecule has 1 aromatic heterocycles. The fraction of sp³-hybridized carbons (Fsp3) is 0.429. The standard InChI is InChI=1S/C21H30N4O3S.HI/c1-4-22-21(23-12-6-8-14-25-13-7-5-9-20(25)26)24-16-18-10-11-19(17(2)15-18)29(3,27)28;/h5,7,9-11,13,15H,4,6,8,12,14,16H2,1-3H3,(H2,22,23,24);1H. The lowest BCUT2D eigenvalue weighted by atomic mass is 10.1. The fourth-order valence-electron chi connectivity index (χ4n) is 3.00. The Balaban J connectivity index is 0.00000450. The van der Waals surface area contributed by atoms with Gasteiger partial charge in [0.05, 0.1) is 11.4 Å². The molecule has 1 heterocycles. The number of rotatable bonds is 9. The zero-order chi connectivity index (χ0) is 21.3. The van der Waals surface area contributed by atoms with Gasteiger partial charge < -0.3 is 15.2 Å². The monoisotopic (exact) mass is 546 g/mol. The molecule has 166 valence electrons. The lowest BCUT2D eigenvalue weighted by Crippen LogP contribution is -2.37. The largest absolute Gasteiger partial charge is 0.357 e. The van der Waals surface area contributed by atoms with Crippen molar-refractivity contribution in [3.8, 4) is 0 Å². The maximum atomic E-state index is 11.7. The summed E-state index contributed by atoms with van der Waals surface area (Å²) in [5.41, 5.74) is 1.71. The SMILES string of the molecule is CCNC(=NCc1ccc(S(C)(=O)=O)c(C)c1)NCCCCn1ccccc1=O.I. The molecule has 7 nitrogen and oxygen atoms in total. The molecule has 0 unspecified atom stereocenters. The Kier molecular flexibility index (Phi) is 11.1. The van der Waals surface area contributed by atoms with Crippen LogP contribution in [0.15, 0.2) is 57.3 Å². The molecule has 0 amide bonds. The number of benzene rings is 1. The average Bonchev–Trinajstić information content (AvgIpc) is 2.66. The number of nitrogens with zero attached hydrogens (tertiary/aromatic N) is 2. The second kappa shape index (κ2) is 12.7. The number of unbranched alkanes of at least 4 members (excludes halogenated alkanes) is 1. The van der Waals surface area contributed by atoms with E-state index >= 15 is 0 Å². The summed E-state index contributed by atoms with van der Waals surface area (Å²) >= 11 is 0. The van der Waals surface area contributed by atoms with Crippen molar-refractivity contribution in [3.63, 3.8) is 0 Å². The number of guanidine groups is 1. The maximum absolute atomic E-state index is 11.7. The number of hydrogen-bond donors (Lipinski definition) is 2. The Morgan fingerprint density at radius 1 is 1.13 bits per heavy atom. The van der Waals surface area contributed by atoms with E-state index < -0.39 is 9.84 Å². The van der Waals surface area contributed by atoms with Gasteiger partial charge in [-0.15, -0.1) is 24.0 Å². The van der Waals surface area contributed by atoms with E-state index in [1.807, 2.05) is 19.1 Å². The highest BCUT2D eigenvalue weighted by Crippen LogP contribution is 2.17. The highest BCUT2D eigenvalue weighted by Gasteiger charge is 2.10. The fourth-order valence-corrected chi connectivity index (χ4v) is 3.96. The van der Waals surface area contributed by atoms with Gasteiger partial charge in [0.2, 0.25) is 5.56 Å². The van der Waals surface area contributed by atoms with E-state index in [2.05, 4.69) is 15.6 Å². The lowest BCUT2D eigenvalue weighted by molar-refractivity contribution is 0.585. The van der Waals surface area contributed by atoms with Crippen molar-refractivity contribution in [2.75, 3.05) is 19.3 Å². The maximum Gasteiger partial charge on any atom is 0.250 e. The molecular weight excluding hydrogens is 515 g/mol. The molecule has 0 aliphatic heterocycles. The zero-order valence-corrected chi connectivity index (χ0v) is 20.9. The molecule has 0 fully saturated rings. The second-order valence-electron chi connectivity index (χ2n) is 6.93. The number of nitrogens with one attached hydrogen (secondary N) is 2. The summed E-state index contributed by atoms with van der Waals surface area (Å²) in [7, 11) is -3.21. The van der Waals surface area contributed by atoms with Gasteiger partial charge in [-0.2, -0.15) is 0 Å². The summed E-state index contributed by atoms with van der Waals surface area (Å²) in [6.07, 6.45) is 4.82.